The summed E-state index contributed by atoms with van der Waals surface area (Å²) in [6.45, 7) is 11.8. The molecule has 2 aromatic rings. The van der Waals surface area contributed by atoms with E-state index in [4.69, 9.17) is 14.6 Å². The van der Waals surface area contributed by atoms with Crippen molar-refractivity contribution in [2.45, 2.75) is 52.9 Å². The fourth-order valence-corrected chi connectivity index (χ4v) is 10.5. The predicted octanol–water partition coefficient (Wildman–Crippen LogP) is 5.86. The van der Waals surface area contributed by atoms with Gasteiger partial charge in [-0.1, -0.05) is 32.0 Å². The molecule has 0 spiro atoms. The Balaban J connectivity index is 1.65. The third-order valence-corrected chi connectivity index (χ3v) is 12.1. The summed E-state index contributed by atoms with van der Waals surface area (Å²) < 4.78 is 16.5. The third kappa shape index (κ3) is 5.06. The van der Waals surface area contributed by atoms with E-state index in [1.165, 1.54) is 49.1 Å². The summed E-state index contributed by atoms with van der Waals surface area (Å²) in [5.74, 6) is 0.0739. The summed E-state index contributed by atoms with van der Waals surface area (Å²) in [6.07, 6.45) is 5.89. The van der Waals surface area contributed by atoms with Gasteiger partial charge in [0.2, 0.25) is 0 Å². The number of nitrogens with zero attached hydrogens (tertiary/aromatic N) is 4. The first-order valence-corrected chi connectivity index (χ1v) is 16.1. The van der Waals surface area contributed by atoms with E-state index in [0.717, 1.165) is 37.3 Å². The van der Waals surface area contributed by atoms with Gasteiger partial charge >= 0.3 is 0 Å². The maximum Gasteiger partial charge on any atom is 0.184 e. The molecular formula is C31H41N5O2P+. The molecule has 2 saturated heterocycles. The Labute approximate surface area is 232 Å². The van der Waals surface area contributed by atoms with Gasteiger partial charge in [-0.15, -0.1) is 0 Å². The van der Waals surface area contributed by atoms with Gasteiger partial charge in [0.1, 0.15) is 11.0 Å². The Kier molecular flexibility index (Phi) is 7.36. The highest BCUT2D eigenvalue weighted by Gasteiger charge is 2.53. The molecule has 1 aliphatic carbocycles. The Morgan fingerprint density at radius 3 is 2.33 bits per heavy atom. The molecule has 1 N–H and O–H groups in total. The monoisotopic (exact) mass is 546 g/mol. The van der Waals surface area contributed by atoms with Crippen molar-refractivity contribution < 1.29 is 14.4 Å². The third-order valence-electron chi connectivity index (χ3n) is 8.42. The van der Waals surface area contributed by atoms with Crippen LogP contribution in [0, 0.1) is 5.41 Å². The Morgan fingerprint density at radius 2 is 1.67 bits per heavy atom. The smallest absolute Gasteiger partial charge is 0.184 e. The zero-order chi connectivity index (χ0) is 27.0. The minimum atomic E-state index is -2.54. The van der Waals surface area contributed by atoms with E-state index in [9.17, 15) is 4.79 Å². The van der Waals surface area contributed by atoms with Gasteiger partial charge in [0.15, 0.2) is 13.1 Å². The highest BCUT2D eigenvalue weighted by Crippen LogP contribution is 2.71. The molecule has 0 bridgehead atoms. The van der Waals surface area contributed by atoms with Gasteiger partial charge in [0.05, 0.1) is 43.4 Å². The van der Waals surface area contributed by atoms with Crippen molar-refractivity contribution in [3.8, 4) is 0 Å². The average molecular weight is 547 g/mol. The molecule has 3 heterocycles. The van der Waals surface area contributed by atoms with Gasteiger partial charge in [-0.05, 0) is 74.4 Å². The number of hydrogen-bond donors (Lipinski definition) is 1. The Bertz CT molecular complexity index is 1340. The molecule has 6 rings (SSSR count). The number of likely N-dealkylation sites (tertiary alicyclic amines) is 1. The predicted molar refractivity (Wildman–Crippen MR) is 159 cm³/mol. The van der Waals surface area contributed by atoms with Crippen molar-refractivity contribution in [1.82, 2.24) is 4.67 Å². The highest BCUT2D eigenvalue weighted by atomic mass is 31.2. The number of ketones is 1. The van der Waals surface area contributed by atoms with Crippen LogP contribution in [0.15, 0.2) is 75.5 Å². The van der Waals surface area contributed by atoms with Crippen LogP contribution < -0.4 is 9.68 Å². The first-order chi connectivity index (χ1) is 18.9. The second-order valence-electron chi connectivity index (χ2n) is 12.0. The number of nitrogens with one attached hydrogen (secondary N) is 1. The summed E-state index contributed by atoms with van der Waals surface area (Å²) in [6, 6.07) is 18.5. The molecule has 7 nitrogen and oxygen atoms in total. The highest BCUT2D eigenvalue weighted by molar-refractivity contribution is 7.71. The van der Waals surface area contributed by atoms with E-state index in [0.29, 0.717) is 18.8 Å². The lowest BCUT2D eigenvalue weighted by Crippen LogP contribution is -3.11. The fraction of sp³-hybridized carbons (Fsp3) is 0.484. The first-order valence-electron chi connectivity index (χ1n) is 14.5. The number of piperidine rings is 1. The second kappa shape index (κ2) is 10.8. The molecule has 0 unspecified atom stereocenters. The SMILES string of the molecule is CC(=O)c1ccc(N=[P@]2(N3CCOCC3)C3=C([NH+]4CCCCC4)CC(C)(C)CC3=NN2c2ccccc2)cc1. The van der Waals surface area contributed by atoms with E-state index < -0.39 is 7.36 Å². The minimum Gasteiger partial charge on any atom is -0.379 e. The molecular weight excluding hydrogens is 505 g/mol. The van der Waals surface area contributed by atoms with Crippen molar-refractivity contribution in [3.63, 3.8) is 0 Å². The molecule has 39 heavy (non-hydrogen) atoms. The number of benzene rings is 2. The van der Waals surface area contributed by atoms with E-state index >= 15 is 0 Å². The largest absolute Gasteiger partial charge is 0.379 e. The lowest BCUT2D eigenvalue weighted by atomic mass is 9.78. The summed E-state index contributed by atoms with van der Waals surface area (Å²) in [7, 11) is -2.54. The van der Waals surface area contributed by atoms with E-state index in [1.807, 2.05) is 24.3 Å². The van der Waals surface area contributed by atoms with Crippen molar-refractivity contribution in [3.05, 3.63) is 71.2 Å². The van der Waals surface area contributed by atoms with Crippen LogP contribution >= 0.6 is 7.36 Å². The number of hydrazone groups is 1. The van der Waals surface area contributed by atoms with Crippen LogP contribution in [0.3, 0.4) is 0 Å². The zero-order valence-corrected chi connectivity index (χ0v) is 24.4. The molecule has 206 valence electrons. The maximum absolute atomic E-state index is 12.0. The van der Waals surface area contributed by atoms with Crippen molar-refractivity contribution in [2.75, 3.05) is 44.2 Å². The van der Waals surface area contributed by atoms with Gasteiger partial charge in [-0.25, -0.2) is 14.2 Å². The molecule has 1 atom stereocenters. The number of morpholine rings is 1. The number of quaternary nitrogens is 1. The van der Waals surface area contributed by atoms with Crippen LogP contribution in [0.1, 0.15) is 63.2 Å². The average Bonchev–Trinajstić information content (AvgIpc) is 3.28. The van der Waals surface area contributed by atoms with Crippen LogP contribution in [-0.4, -0.2) is 55.6 Å². The standard InChI is InChI=1S/C31H40N5O2P/c1-24(37)25-12-14-26(15-13-25)33-39(35-18-20-38-21-19-35)30-28(32-36(39)27-10-6-4-7-11-27)22-31(2,3)23-29(30)34-16-8-5-9-17-34/h4,6-7,10-15H,5,8-9,16-23H2,1-3H3/p+1/t39-/m0/s1. The quantitative estimate of drug-likeness (QED) is 0.377. The lowest BCUT2D eigenvalue weighted by Gasteiger charge is -2.44. The number of carbonyl (C=O) groups excluding carboxylic acids is 1. The van der Waals surface area contributed by atoms with Gasteiger partial charge in [-0.2, -0.15) is 5.10 Å². The summed E-state index contributed by atoms with van der Waals surface area (Å²) in [4.78, 5) is 13.7. The zero-order valence-electron chi connectivity index (χ0n) is 23.5. The van der Waals surface area contributed by atoms with E-state index in [1.54, 1.807) is 11.8 Å². The minimum absolute atomic E-state index is 0.0739. The lowest BCUT2D eigenvalue weighted by molar-refractivity contribution is -0.868. The number of ether oxygens (including phenoxy) is 1. The summed E-state index contributed by atoms with van der Waals surface area (Å²) in [5.41, 5.74) is 5.61. The molecule has 2 fully saturated rings. The molecule has 0 radical (unpaired) electrons. The molecule has 8 heteroatoms. The number of rotatable bonds is 5. The van der Waals surface area contributed by atoms with Crippen LogP contribution in [0.4, 0.5) is 11.4 Å². The summed E-state index contributed by atoms with van der Waals surface area (Å²) >= 11 is 0. The fourth-order valence-electron chi connectivity index (χ4n) is 6.57. The number of anilines is 1. The number of para-hydroxylation sites is 1. The Hall–Kier alpha value is -2.57. The van der Waals surface area contributed by atoms with Crippen LogP contribution in [0.5, 0.6) is 0 Å². The van der Waals surface area contributed by atoms with Crippen LogP contribution in [-0.2, 0) is 4.74 Å². The van der Waals surface area contributed by atoms with Crippen molar-refractivity contribution in [1.29, 1.82) is 0 Å². The first kappa shape index (κ1) is 26.6. The number of allylic oxidation sites excluding steroid dienone is 2. The molecule has 2 aromatic carbocycles. The maximum atomic E-state index is 12.0. The number of hydrogen-bond acceptors (Lipinski definition) is 4. The van der Waals surface area contributed by atoms with Crippen molar-refractivity contribution >= 4 is 30.2 Å². The Morgan fingerprint density at radius 1 is 0.974 bits per heavy atom. The molecule has 3 aliphatic heterocycles. The molecule has 4 aliphatic rings. The number of fused-ring (bicyclic) bond motifs is 1. The van der Waals surface area contributed by atoms with Gasteiger partial charge in [-0.3, -0.25) is 4.79 Å². The summed E-state index contributed by atoms with van der Waals surface area (Å²) in [5, 5.41) is 6.89. The molecule has 0 aromatic heterocycles. The van der Waals surface area contributed by atoms with Gasteiger partial charge in [0.25, 0.3) is 0 Å². The van der Waals surface area contributed by atoms with E-state index in [-0.39, 0.29) is 11.2 Å². The number of Topliss-reactive ketones (excluding diaryl/α,β-unsaturated/α-hetero) is 1. The number of carbonyl (C=O) groups is 1. The van der Waals surface area contributed by atoms with Crippen LogP contribution in [0.2, 0.25) is 0 Å². The topological polar surface area (TPSA) is 61.9 Å². The molecule has 0 amide bonds. The molecule has 0 saturated carbocycles. The van der Waals surface area contributed by atoms with Crippen LogP contribution in [0.25, 0.3) is 0 Å². The second-order valence-corrected chi connectivity index (χ2v) is 14.7. The van der Waals surface area contributed by atoms with Gasteiger partial charge < -0.3 is 9.64 Å². The van der Waals surface area contributed by atoms with Gasteiger partial charge in [0, 0.05) is 25.1 Å². The normalized spacial score (nSPS) is 25.8. The van der Waals surface area contributed by atoms with Crippen molar-refractivity contribution in [2.24, 2.45) is 15.3 Å². The van der Waals surface area contributed by atoms with E-state index in [2.05, 4.69) is 53.6 Å².